The molecule has 1 aliphatic heterocycles. The Bertz CT molecular complexity index is 304. The third kappa shape index (κ3) is 1.88. The maximum atomic E-state index is 11.9. The van der Waals surface area contributed by atoms with Crippen molar-refractivity contribution < 1.29 is 14.3 Å². The highest BCUT2D eigenvalue weighted by Crippen LogP contribution is 2.43. The molecule has 3 heteroatoms. The molecule has 16 heavy (non-hydrogen) atoms. The predicted molar refractivity (Wildman–Crippen MR) is 58.8 cm³/mol. The third-order valence-corrected chi connectivity index (χ3v) is 4.02. The molecule has 3 nitrogen and oxygen atoms in total. The number of hydrogen-bond donors (Lipinski definition) is 0. The standard InChI is InChI=1S/C13H18O3/c14-13(16-8-11-2-1-5-15-11)12-7-9-3-4-10(12)6-9/h3-4,9-12H,1-2,5-8H2/t9-,10-,11+,12-/m1/s1. The van der Waals surface area contributed by atoms with Crippen LogP contribution in [0.25, 0.3) is 0 Å². The van der Waals surface area contributed by atoms with E-state index in [1.54, 1.807) is 0 Å². The minimum Gasteiger partial charge on any atom is -0.463 e. The number of allylic oxidation sites excluding steroid dienone is 2. The quantitative estimate of drug-likeness (QED) is 0.540. The smallest absolute Gasteiger partial charge is 0.309 e. The van der Waals surface area contributed by atoms with Gasteiger partial charge in [-0.25, -0.2) is 0 Å². The molecule has 3 rings (SSSR count). The SMILES string of the molecule is O=C(OC[C@@H]1CCCO1)[C@@H]1C[C@@H]2C=C[C@@H]1C2. The van der Waals surface area contributed by atoms with E-state index >= 15 is 0 Å². The van der Waals surface area contributed by atoms with Crippen LogP contribution >= 0.6 is 0 Å². The van der Waals surface area contributed by atoms with Crippen molar-refractivity contribution in [3.63, 3.8) is 0 Å². The van der Waals surface area contributed by atoms with Crippen LogP contribution in [0.4, 0.5) is 0 Å². The van der Waals surface area contributed by atoms with E-state index < -0.39 is 0 Å². The Hall–Kier alpha value is -0.830. The van der Waals surface area contributed by atoms with E-state index in [9.17, 15) is 4.79 Å². The molecule has 2 bridgehead atoms. The molecule has 0 aromatic heterocycles. The van der Waals surface area contributed by atoms with E-state index in [2.05, 4.69) is 12.2 Å². The van der Waals surface area contributed by atoms with Crippen molar-refractivity contribution in [2.45, 2.75) is 31.8 Å². The summed E-state index contributed by atoms with van der Waals surface area (Å²) in [5.74, 6) is 1.19. The van der Waals surface area contributed by atoms with Crippen LogP contribution < -0.4 is 0 Å². The van der Waals surface area contributed by atoms with Crippen molar-refractivity contribution in [2.75, 3.05) is 13.2 Å². The van der Waals surface area contributed by atoms with Gasteiger partial charge in [0.15, 0.2) is 0 Å². The van der Waals surface area contributed by atoms with E-state index in [4.69, 9.17) is 9.47 Å². The second-order valence-electron chi connectivity index (χ2n) is 5.15. The number of rotatable bonds is 3. The molecule has 0 aromatic rings. The lowest BCUT2D eigenvalue weighted by molar-refractivity contribution is -0.152. The highest BCUT2D eigenvalue weighted by Gasteiger charge is 2.40. The molecule has 0 spiro atoms. The van der Waals surface area contributed by atoms with Crippen molar-refractivity contribution in [2.24, 2.45) is 17.8 Å². The summed E-state index contributed by atoms with van der Waals surface area (Å²) < 4.78 is 10.8. The fourth-order valence-corrected chi connectivity index (χ4v) is 3.11. The molecule has 3 aliphatic rings. The molecule has 2 fully saturated rings. The number of carbonyl (C=O) groups excluding carboxylic acids is 1. The summed E-state index contributed by atoms with van der Waals surface area (Å²) in [7, 11) is 0. The lowest BCUT2D eigenvalue weighted by Gasteiger charge is -2.18. The molecule has 1 saturated heterocycles. The van der Waals surface area contributed by atoms with Crippen molar-refractivity contribution >= 4 is 5.97 Å². The zero-order valence-electron chi connectivity index (χ0n) is 9.43. The monoisotopic (exact) mass is 222 g/mol. The van der Waals surface area contributed by atoms with Gasteiger partial charge in [-0.2, -0.15) is 0 Å². The Kier molecular flexibility index (Phi) is 2.72. The van der Waals surface area contributed by atoms with Crippen LogP contribution in [0.3, 0.4) is 0 Å². The van der Waals surface area contributed by atoms with E-state index in [-0.39, 0.29) is 18.0 Å². The molecule has 88 valence electrons. The normalized spacial score (nSPS) is 40.5. The second kappa shape index (κ2) is 4.21. The summed E-state index contributed by atoms with van der Waals surface area (Å²) >= 11 is 0. The van der Waals surface area contributed by atoms with Gasteiger partial charge in [0, 0.05) is 6.61 Å². The molecule has 0 amide bonds. The van der Waals surface area contributed by atoms with Gasteiger partial charge in [-0.05, 0) is 37.5 Å². The zero-order chi connectivity index (χ0) is 11.0. The lowest BCUT2D eigenvalue weighted by atomic mass is 9.94. The number of esters is 1. The predicted octanol–water partition coefficient (Wildman–Crippen LogP) is 1.92. The first kappa shape index (κ1) is 10.3. The first-order valence-electron chi connectivity index (χ1n) is 6.29. The summed E-state index contributed by atoms with van der Waals surface area (Å²) in [6.07, 6.45) is 8.85. The van der Waals surface area contributed by atoms with Crippen LogP contribution in [-0.4, -0.2) is 25.3 Å². The highest BCUT2D eigenvalue weighted by molar-refractivity contribution is 5.74. The number of carbonyl (C=O) groups is 1. The van der Waals surface area contributed by atoms with Crippen molar-refractivity contribution in [1.29, 1.82) is 0 Å². The maximum absolute atomic E-state index is 11.9. The summed E-state index contributed by atoms with van der Waals surface area (Å²) in [6.45, 7) is 1.27. The molecule has 0 radical (unpaired) electrons. The van der Waals surface area contributed by atoms with Gasteiger partial charge in [0.1, 0.15) is 6.61 Å². The van der Waals surface area contributed by atoms with Crippen LogP contribution in [0.15, 0.2) is 12.2 Å². The molecule has 0 aromatic carbocycles. The Morgan fingerprint density at radius 3 is 2.94 bits per heavy atom. The minimum atomic E-state index is -0.00708. The van der Waals surface area contributed by atoms with E-state index in [0.717, 1.165) is 32.3 Å². The van der Waals surface area contributed by atoms with Gasteiger partial charge in [0.05, 0.1) is 12.0 Å². The van der Waals surface area contributed by atoms with Gasteiger partial charge < -0.3 is 9.47 Å². The molecule has 2 aliphatic carbocycles. The Morgan fingerprint density at radius 2 is 2.31 bits per heavy atom. The Labute approximate surface area is 95.8 Å². The number of ether oxygens (including phenoxy) is 2. The van der Waals surface area contributed by atoms with E-state index in [1.807, 2.05) is 0 Å². The summed E-state index contributed by atoms with van der Waals surface area (Å²) in [4.78, 5) is 11.9. The largest absolute Gasteiger partial charge is 0.463 e. The number of fused-ring (bicyclic) bond motifs is 2. The van der Waals surface area contributed by atoms with Gasteiger partial charge in [0.25, 0.3) is 0 Å². The summed E-state index contributed by atoms with van der Waals surface area (Å²) in [6, 6.07) is 0. The maximum Gasteiger partial charge on any atom is 0.309 e. The molecule has 1 heterocycles. The fourth-order valence-electron chi connectivity index (χ4n) is 3.11. The molecule has 4 atom stereocenters. The second-order valence-corrected chi connectivity index (χ2v) is 5.15. The van der Waals surface area contributed by atoms with Crippen LogP contribution in [-0.2, 0) is 14.3 Å². The van der Waals surface area contributed by atoms with Crippen molar-refractivity contribution in [3.05, 3.63) is 12.2 Å². The fraction of sp³-hybridized carbons (Fsp3) is 0.769. The van der Waals surface area contributed by atoms with Crippen LogP contribution in [0.5, 0.6) is 0 Å². The number of hydrogen-bond acceptors (Lipinski definition) is 3. The molecular formula is C13H18O3. The van der Waals surface area contributed by atoms with E-state index in [1.165, 1.54) is 0 Å². The molecule has 0 unspecified atom stereocenters. The molecular weight excluding hydrogens is 204 g/mol. The lowest BCUT2D eigenvalue weighted by Crippen LogP contribution is -2.25. The first-order valence-corrected chi connectivity index (χ1v) is 6.29. The van der Waals surface area contributed by atoms with Gasteiger partial charge in [-0.3, -0.25) is 4.79 Å². The van der Waals surface area contributed by atoms with Crippen molar-refractivity contribution in [1.82, 2.24) is 0 Å². The minimum absolute atomic E-state index is 0.00708. The summed E-state index contributed by atoms with van der Waals surface area (Å²) in [5.41, 5.74) is 0. The topological polar surface area (TPSA) is 35.5 Å². The first-order chi connectivity index (χ1) is 7.83. The van der Waals surface area contributed by atoms with Gasteiger partial charge >= 0.3 is 5.97 Å². The van der Waals surface area contributed by atoms with Crippen LogP contribution in [0.2, 0.25) is 0 Å². The molecule has 0 N–H and O–H groups in total. The van der Waals surface area contributed by atoms with Crippen LogP contribution in [0, 0.1) is 17.8 Å². The Morgan fingerprint density at radius 1 is 1.38 bits per heavy atom. The van der Waals surface area contributed by atoms with Gasteiger partial charge in [0.2, 0.25) is 0 Å². The average molecular weight is 222 g/mol. The third-order valence-electron chi connectivity index (χ3n) is 4.02. The summed E-state index contributed by atoms with van der Waals surface area (Å²) in [5, 5.41) is 0. The van der Waals surface area contributed by atoms with Gasteiger partial charge in [-0.15, -0.1) is 0 Å². The molecule has 1 saturated carbocycles. The zero-order valence-corrected chi connectivity index (χ0v) is 9.43. The van der Waals surface area contributed by atoms with Gasteiger partial charge in [-0.1, -0.05) is 12.2 Å². The van der Waals surface area contributed by atoms with E-state index in [0.29, 0.717) is 18.4 Å². The van der Waals surface area contributed by atoms with Crippen LogP contribution in [0.1, 0.15) is 25.7 Å². The average Bonchev–Trinajstić information content (AvgIpc) is 3.01. The Balaban J connectivity index is 1.48. The van der Waals surface area contributed by atoms with Crippen molar-refractivity contribution in [3.8, 4) is 0 Å². The highest BCUT2D eigenvalue weighted by atomic mass is 16.6.